The van der Waals surface area contributed by atoms with Gasteiger partial charge in [-0.05, 0) is 18.1 Å². The van der Waals surface area contributed by atoms with Crippen molar-refractivity contribution < 1.29 is 27.4 Å². The molecule has 0 amide bonds. The van der Waals surface area contributed by atoms with Crippen LogP contribution in [-0.4, -0.2) is 46.4 Å². The van der Waals surface area contributed by atoms with Crippen molar-refractivity contribution in [1.82, 2.24) is 20.3 Å². The lowest BCUT2D eigenvalue weighted by Gasteiger charge is -2.35. The summed E-state index contributed by atoms with van der Waals surface area (Å²) >= 11 is 0. The molecule has 1 aromatic heterocycles. The van der Waals surface area contributed by atoms with Crippen LogP contribution in [0.25, 0.3) is 0 Å². The van der Waals surface area contributed by atoms with Gasteiger partial charge in [-0.3, -0.25) is 4.79 Å². The number of esters is 1. The van der Waals surface area contributed by atoms with Crippen LogP contribution in [0.15, 0.2) is 30.5 Å². The molecule has 0 unspecified atom stereocenters. The first kappa shape index (κ1) is 18.2. The Bertz CT molecular complexity index is 778. The first-order valence-corrected chi connectivity index (χ1v) is 7.87. The molecule has 1 aliphatic heterocycles. The normalized spacial score (nSPS) is 19.5. The van der Waals surface area contributed by atoms with Gasteiger partial charge in [-0.25, -0.2) is 4.68 Å². The van der Waals surface area contributed by atoms with Crippen LogP contribution >= 0.6 is 0 Å². The minimum atomic E-state index is -4.51. The van der Waals surface area contributed by atoms with E-state index in [1.807, 2.05) is 0 Å². The smallest absolute Gasteiger partial charge is 0.426 e. The van der Waals surface area contributed by atoms with E-state index < -0.39 is 24.3 Å². The zero-order chi connectivity index (χ0) is 18.7. The zero-order valence-corrected chi connectivity index (χ0v) is 13.9. The third kappa shape index (κ3) is 4.13. The second-order valence-electron chi connectivity index (χ2n) is 5.86. The molecule has 10 heteroatoms. The van der Waals surface area contributed by atoms with Gasteiger partial charge in [0, 0.05) is 6.54 Å². The highest BCUT2D eigenvalue weighted by Gasteiger charge is 2.49. The van der Waals surface area contributed by atoms with Gasteiger partial charge >= 0.3 is 12.1 Å². The summed E-state index contributed by atoms with van der Waals surface area (Å²) in [6.45, 7) is -0.0570. The summed E-state index contributed by atoms with van der Waals surface area (Å²) in [5.74, 6) is -0.249. The molecule has 0 aliphatic carbocycles. The highest BCUT2D eigenvalue weighted by atomic mass is 19.4. The Morgan fingerprint density at radius 3 is 2.92 bits per heavy atom. The number of fused-ring (bicyclic) bond motifs is 1. The number of hydrogen-bond acceptors (Lipinski definition) is 6. The third-order valence-electron chi connectivity index (χ3n) is 4.00. The van der Waals surface area contributed by atoms with Crippen molar-refractivity contribution in [3.8, 4) is 5.75 Å². The molecule has 1 aromatic carbocycles. The number of carbonyl (C=O) groups is 1. The lowest BCUT2D eigenvalue weighted by atomic mass is 9.96. The molecule has 140 valence electrons. The zero-order valence-electron chi connectivity index (χ0n) is 13.9. The molecule has 2 atom stereocenters. The number of aromatic nitrogens is 3. The van der Waals surface area contributed by atoms with Crippen LogP contribution in [0, 0.1) is 0 Å². The van der Waals surface area contributed by atoms with Crippen LogP contribution < -0.4 is 10.1 Å². The molecular formula is C16H17F3N4O3. The fourth-order valence-electron chi connectivity index (χ4n) is 2.75. The van der Waals surface area contributed by atoms with Crippen LogP contribution in [-0.2, 0) is 29.0 Å². The summed E-state index contributed by atoms with van der Waals surface area (Å²) in [6, 6.07) is 5.70. The lowest BCUT2D eigenvalue weighted by molar-refractivity contribution is -0.206. The van der Waals surface area contributed by atoms with Crippen molar-refractivity contribution in [2.75, 3.05) is 7.11 Å². The fraction of sp³-hybridized carbons (Fsp3) is 0.438. The number of nitrogens with one attached hydrogen (secondary N) is 1. The Morgan fingerprint density at radius 1 is 1.42 bits per heavy atom. The molecule has 2 heterocycles. The molecular weight excluding hydrogens is 353 g/mol. The van der Waals surface area contributed by atoms with Crippen molar-refractivity contribution in [2.24, 2.45) is 0 Å². The Labute approximate surface area is 147 Å². The van der Waals surface area contributed by atoms with E-state index in [1.54, 1.807) is 18.2 Å². The largest absolute Gasteiger partial charge is 0.479 e. The molecule has 7 nitrogen and oxygen atoms in total. The molecule has 0 spiro atoms. The van der Waals surface area contributed by atoms with Gasteiger partial charge in [0.1, 0.15) is 12.3 Å². The predicted octanol–water partition coefficient (Wildman–Crippen LogP) is 1.48. The topological polar surface area (TPSA) is 78.3 Å². The molecule has 0 fully saturated rings. The lowest BCUT2D eigenvalue weighted by Crippen LogP contribution is -2.54. The molecule has 0 saturated heterocycles. The van der Waals surface area contributed by atoms with Crippen molar-refractivity contribution in [3.05, 3.63) is 41.7 Å². The highest BCUT2D eigenvalue weighted by molar-refractivity contribution is 5.68. The molecule has 0 radical (unpaired) electrons. The summed E-state index contributed by atoms with van der Waals surface area (Å²) in [5, 5.41) is 10.4. The van der Waals surface area contributed by atoms with E-state index in [1.165, 1.54) is 24.1 Å². The summed E-state index contributed by atoms with van der Waals surface area (Å²) in [5.41, 5.74) is 1.12. The number of halogens is 3. The average molecular weight is 370 g/mol. The Kier molecular flexibility index (Phi) is 5.12. The Morgan fingerprint density at radius 2 is 2.19 bits per heavy atom. The van der Waals surface area contributed by atoms with Gasteiger partial charge in [-0.1, -0.05) is 23.4 Å². The van der Waals surface area contributed by atoms with Gasteiger partial charge in [0.05, 0.1) is 25.0 Å². The van der Waals surface area contributed by atoms with Crippen molar-refractivity contribution >= 4 is 5.97 Å². The minimum absolute atomic E-state index is 0.0595. The van der Waals surface area contributed by atoms with Gasteiger partial charge in [0.2, 0.25) is 6.10 Å². The van der Waals surface area contributed by atoms with Gasteiger partial charge in [0.15, 0.2) is 0 Å². The molecule has 1 aliphatic rings. The Balaban J connectivity index is 1.68. The third-order valence-corrected chi connectivity index (χ3v) is 4.00. The van der Waals surface area contributed by atoms with E-state index >= 15 is 0 Å². The molecule has 1 N–H and O–H groups in total. The van der Waals surface area contributed by atoms with E-state index in [9.17, 15) is 18.0 Å². The monoisotopic (exact) mass is 370 g/mol. The number of carbonyl (C=O) groups excluding carboxylic acids is 1. The van der Waals surface area contributed by atoms with Crippen molar-refractivity contribution in [1.29, 1.82) is 0 Å². The quantitative estimate of drug-likeness (QED) is 0.804. The second kappa shape index (κ2) is 7.32. The average Bonchev–Trinajstić information content (AvgIpc) is 3.05. The maximum absolute atomic E-state index is 13.3. The number of alkyl halides is 3. The minimum Gasteiger partial charge on any atom is -0.479 e. The van der Waals surface area contributed by atoms with Crippen LogP contribution in [0.5, 0.6) is 5.75 Å². The van der Waals surface area contributed by atoms with Crippen molar-refractivity contribution in [2.45, 2.75) is 37.8 Å². The predicted molar refractivity (Wildman–Crippen MR) is 83.3 cm³/mol. The maximum Gasteiger partial charge on any atom is 0.426 e. The highest BCUT2D eigenvalue weighted by Crippen LogP contribution is 2.35. The molecule has 0 saturated carbocycles. The van der Waals surface area contributed by atoms with Crippen molar-refractivity contribution in [3.63, 3.8) is 0 Å². The van der Waals surface area contributed by atoms with E-state index in [-0.39, 0.29) is 25.3 Å². The summed E-state index contributed by atoms with van der Waals surface area (Å²) in [6.07, 6.45) is -4.81. The first-order chi connectivity index (χ1) is 12.4. The second-order valence-corrected chi connectivity index (χ2v) is 5.86. The van der Waals surface area contributed by atoms with E-state index in [0.717, 1.165) is 0 Å². The van der Waals surface area contributed by atoms with Crippen LogP contribution in [0.1, 0.15) is 11.3 Å². The standard InChI is InChI=1S/C16H17F3N4O3/c1-25-14(24)9-23-8-11(21-22-23)7-20-12-6-10-4-2-3-5-13(10)26-15(12)16(17,18)19/h2-5,8,12,15,20H,6-7,9H2,1H3/t12-,15-/m1/s1. The van der Waals surface area contributed by atoms with E-state index in [2.05, 4.69) is 20.4 Å². The fourth-order valence-corrected chi connectivity index (χ4v) is 2.75. The number of hydrogen-bond donors (Lipinski definition) is 1. The van der Waals surface area contributed by atoms with Crippen LogP contribution in [0.2, 0.25) is 0 Å². The van der Waals surface area contributed by atoms with Gasteiger partial charge in [-0.15, -0.1) is 5.10 Å². The van der Waals surface area contributed by atoms with Gasteiger partial charge in [-0.2, -0.15) is 13.2 Å². The summed E-state index contributed by atoms with van der Waals surface area (Å²) in [7, 11) is 1.25. The maximum atomic E-state index is 13.3. The van der Waals surface area contributed by atoms with Gasteiger partial charge in [0.25, 0.3) is 0 Å². The molecule has 2 aromatic rings. The van der Waals surface area contributed by atoms with Crippen LogP contribution in [0.4, 0.5) is 13.2 Å². The molecule has 3 rings (SSSR count). The SMILES string of the molecule is COC(=O)Cn1cc(CN[C@@H]2Cc3ccccc3O[C@H]2C(F)(F)F)nn1. The number of methoxy groups -OCH3 is 1. The van der Waals surface area contributed by atoms with Crippen LogP contribution in [0.3, 0.4) is 0 Å². The van der Waals surface area contributed by atoms with E-state index in [0.29, 0.717) is 11.3 Å². The van der Waals surface area contributed by atoms with E-state index in [4.69, 9.17) is 4.74 Å². The number of benzene rings is 1. The van der Waals surface area contributed by atoms with Gasteiger partial charge < -0.3 is 14.8 Å². The number of ether oxygens (including phenoxy) is 2. The molecule has 0 bridgehead atoms. The number of para-hydroxylation sites is 1. The molecule has 26 heavy (non-hydrogen) atoms. The summed E-state index contributed by atoms with van der Waals surface area (Å²) < 4.78 is 51.0. The summed E-state index contributed by atoms with van der Waals surface area (Å²) in [4.78, 5) is 11.2. The number of nitrogens with zero attached hydrogens (tertiary/aromatic N) is 3. The first-order valence-electron chi connectivity index (χ1n) is 7.87. The Hall–Kier alpha value is -2.62. The number of rotatable bonds is 5.